The first-order valence-electron chi connectivity index (χ1n) is 8.55. The quantitative estimate of drug-likeness (QED) is 0.735. The molecule has 1 aliphatic rings. The third-order valence-electron chi connectivity index (χ3n) is 4.31. The monoisotopic (exact) mass is 347 g/mol. The first-order chi connectivity index (χ1) is 11.9. The van der Waals surface area contributed by atoms with Gasteiger partial charge in [0.2, 0.25) is 5.91 Å². The maximum absolute atomic E-state index is 12.3. The van der Waals surface area contributed by atoms with Crippen LogP contribution in [0.5, 0.6) is 0 Å². The lowest BCUT2D eigenvalue weighted by Gasteiger charge is -2.32. The number of carbonyl (C=O) groups excluding carboxylic acids is 2. The minimum Gasteiger partial charge on any atom is -0.481 e. The van der Waals surface area contributed by atoms with Gasteiger partial charge in [0.1, 0.15) is 0 Å². The minimum absolute atomic E-state index is 0.0662. The Balaban J connectivity index is 1.75. The Morgan fingerprint density at radius 1 is 1.32 bits per heavy atom. The molecule has 3 N–H and O–H groups in total. The lowest BCUT2D eigenvalue weighted by atomic mass is 9.93. The normalized spacial score (nSPS) is 17.0. The molecule has 0 spiro atoms. The second-order valence-electron chi connectivity index (χ2n) is 6.46. The second-order valence-corrected chi connectivity index (χ2v) is 6.46. The standard InChI is InChI=1S/C18H25N3O4/c1-13-4-2-6-15(10-13)20-18(25)19-11-16(22)21-9-3-5-14(12-21)7-8-17(23)24/h2,4,6,10,14H,3,5,7-9,11-12H2,1H3,(H,23,24)(H2,19,20,25). The maximum Gasteiger partial charge on any atom is 0.319 e. The van der Waals surface area contributed by atoms with E-state index in [0.717, 1.165) is 18.4 Å². The fraction of sp³-hybridized carbons (Fsp3) is 0.500. The first-order valence-corrected chi connectivity index (χ1v) is 8.55. The summed E-state index contributed by atoms with van der Waals surface area (Å²) in [4.78, 5) is 36.5. The maximum atomic E-state index is 12.3. The molecule has 7 nitrogen and oxygen atoms in total. The van der Waals surface area contributed by atoms with Crippen molar-refractivity contribution in [3.63, 3.8) is 0 Å². The van der Waals surface area contributed by atoms with Gasteiger partial charge in [0.15, 0.2) is 0 Å². The number of nitrogens with zero attached hydrogens (tertiary/aromatic N) is 1. The fourth-order valence-corrected chi connectivity index (χ4v) is 3.02. The predicted molar refractivity (Wildman–Crippen MR) is 94.4 cm³/mol. The highest BCUT2D eigenvalue weighted by atomic mass is 16.4. The summed E-state index contributed by atoms with van der Waals surface area (Å²) in [5, 5.41) is 14.0. The van der Waals surface area contributed by atoms with Crippen molar-refractivity contribution in [1.82, 2.24) is 10.2 Å². The van der Waals surface area contributed by atoms with Gasteiger partial charge in [-0.05, 0) is 49.8 Å². The van der Waals surface area contributed by atoms with Crippen molar-refractivity contribution in [2.45, 2.75) is 32.6 Å². The molecule has 2 rings (SSSR count). The van der Waals surface area contributed by atoms with E-state index in [4.69, 9.17) is 5.11 Å². The lowest BCUT2D eigenvalue weighted by Crippen LogP contribution is -2.45. The van der Waals surface area contributed by atoms with Crippen molar-refractivity contribution < 1.29 is 19.5 Å². The van der Waals surface area contributed by atoms with Crippen LogP contribution < -0.4 is 10.6 Å². The lowest BCUT2D eigenvalue weighted by molar-refractivity contribution is -0.137. The number of anilines is 1. The summed E-state index contributed by atoms with van der Waals surface area (Å²) in [6.07, 6.45) is 2.52. The molecule has 1 unspecified atom stereocenters. The number of rotatable bonds is 6. The Hall–Kier alpha value is -2.57. The topological polar surface area (TPSA) is 98.7 Å². The number of amides is 3. The zero-order valence-corrected chi connectivity index (χ0v) is 14.5. The van der Waals surface area contributed by atoms with Gasteiger partial charge >= 0.3 is 12.0 Å². The van der Waals surface area contributed by atoms with Gasteiger partial charge in [0, 0.05) is 25.2 Å². The fourth-order valence-electron chi connectivity index (χ4n) is 3.02. The van der Waals surface area contributed by atoms with Crippen molar-refractivity contribution in [1.29, 1.82) is 0 Å². The zero-order valence-electron chi connectivity index (χ0n) is 14.5. The number of likely N-dealkylation sites (tertiary alicyclic amines) is 1. The molecule has 1 aromatic rings. The molecule has 136 valence electrons. The Morgan fingerprint density at radius 3 is 2.84 bits per heavy atom. The summed E-state index contributed by atoms with van der Waals surface area (Å²) < 4.78 is 0. The number of hydrogen-bond donors (Lipinski definition) is 3. The number of piperidine rings is 1. The molecule has 1 aromatic carbocycles. The van der Waals surface area contributed by atoms with Gasteiger partial charge in [0.25, 0.3) is 0 Å². The van der Waals surface area contributed by atoms with Gasteiger partial charge in [0.05, 0.1) is 6.54 Å². The molecule has 25 heavy (non-hydrogen) atoms. The van der Waals surface area contributed by atoms with Crippen molar-refractivity contribution in [2.75, 3.05) is 25.0 Å². The smallest absolute Gasteiger partial charge is 0.319 e. The number of aliphatic carboxylic acids is 1. The van der Waals surface area contributed by atoms with Crippen LogP contribution in [0, 0.1) is 12.8 Å². The first kappa shape index (κ1) is 18.8. The summed E-state index contributed by atoms with van der Waals surface area (Å²) in [5.74, 6) is -0.729. The molecule has 1 atom stereocenters. The molecule has 3 amide bonds. The number of carboxylic acid groups (broad SMARTS) is 1. The van der Waals surface area contributed by atoms with E-state index >= 15 is 0 Å². The van der Waals surface area contributed by atoms with E-state index < -0.39 is 12.0 Å². The molecule has 0 aliphatic carbocycles. The third-order valence-corrected chi connectivity index (χ3v) is 4.31. The van der Waals surface area contributed by atoms with Crippen LogP contribution >= 0.6 is 0 Å². The summed E-state index contributed by atoms with van der Waals surface area (Å²) >= 11 is 0. The van der Waals surface area contributed by atoms with Gasteiger partial charge in [-0.25, -0.2) is 4.79 Å². The van der Waals surface area contributed by atoms with Crippen LogP contribution in [-0.2, 0) is 9.59 Å². The van der Waals surface area contributed by atoms with E-state index in [2.05, 4.69) is 10.6 Å². The Bertz CT molecular complexity index is 633. The van der Waals surface area contributed by atoms with Crippen molar-refractivity contribution in [3.8, 4) is 0 Å². The van der Waals surface area contributed by atoms with Gasteiger partial charge in [-0.1, -0.05) is 12.1 Å². The van der Waals surface area contributed by atoms with Crippen LogP contribution in [0.1, 0.15) is 31.2 Å². The van der Waals surface area contributed by atoms with Gasteiger partial charge in [-0.3, -0.25) is 9.59 Å². The summed E-state index contributed by atoms with van der Waals surface area (Å²) in [7, 11) is 0. The van der Waals surface area contributed by atoms with Crippen LogP contribution in [0.25, 0.3) is 0 Å². The number of aryl methyl sites for hydroxylation is 1. The molecule has 0 bridgehead atoms. The largest absolute Gasteiger partial charge is 0.481 e. The highest BCUT2D eigenvalue weighted by Gasteiger charge is 2.24. The average molecular weight is 347 g/mol. The summed E-state index contributed by atoms with van der Waals surface area (Å²) in [6, 6.07) is 6.99. The Morgan fingerprint density at radius 2 is 2.12 bits per heavy atom. The second kappa shape index (κ2) is 9.05. The average Bonchev–Trinajstić information content (AvgIpc) is 2.58. The van der Waals surface area contributed by atoms with E-state index in [0.29, 0.717) is 25.2 Å². The molecule has 0 aromatic heterocycles. The van der Waals surface area contributed by atoms with Crippen LogP contribution in [0.4, 0.5) is 10.5 Å². The van der Waals surface area contributed by atoms with Gasteiger partial charge < -0.3 is 20.6 Å². The van der Waals surface area contributed by atoms with E-state index in [1.807, 2.05) is 25.1 Å². The molecule has 1 heterocycles. The van der Waals surface area contributed by atoms with E-state index in [-0.39, 0.29) is 24.8 Å². The van der Waals surface area contributed by atoms with E-state index in [1.165, 1.54) is 0 Å². The number of benzene rings is 1. The molecule has 1 fully saturated rings. The Labute approximate surface area is 147 Å². The van der Waals surface area contributed by atoms with Crippen molar-refractivity contribution in [2.24, 2.45) is 5.92 Å². The van der Waals surface area contributed by atoms with Gasteiger partial charge in [-0.15, -0.1) is 0 Å². The van der Waals surface area contributed by atoms with E-state index in [1.54, 1.807) is 11.0 Å². The van der Waals surface area contributed by atoms with Gasteiger partial charge in [-0.2, -0.15) is 0 Å². The number of nitrogens with one attached hydrogen (secondary N) is 2. The Kier molecular flexibility index (Phi) is 6.80. The molecular weight excluding hydrogens is 322 g/mol. The number of urea groups is 1. The van der Waals surface area contributed by atoms with Crippen LogP contribution in [0.2, 0.25) is 0 Å². The SMILES string of the molecule is Cc1cccc(NC(=O)NCC(=O)N2CCCC(CCC(=O)O)C2)c1. The highest BCUT2D eigenvalue weighted by molar-refractivity contribution is 5.92. The van der Waals surface area contributed by atoms with E-state index in [9.17, 15) is 14.4 Å². The molecule has 1 saturated heterocycles. The number of carboxylic acids is 1. The van der Waals surface area contributed by atoms with Crippen molar-refractivity contribution in [3.05, 3.63) is 29.8 Å². The third kappa shape index (κ3) is 6.45. The summed E-state index contributed by atoms with van der Waals surface area (Å²) in [6.45, 7) is 3.09. The predicted octanol–water partition coefficient (Wildman–Crippen LogP) is 2.22. The zero-order chi connectivity index (χ0) is 18.2. The molecule has 7 heteroatoms. The minimum atomic E-state index is -0.807. The molecule has 0 saturated carbocycles. The number of hydrogen-bond acceptors (Lipinski definition) is 3. The van der Waals surface area contributed by atoms with Crippen LogP contribution in [0.15, 0.2) is 24.3 Å². The van der Waals surface area contributed by atoms with Crippen LogP contribution in [-0.4, -0.2) is 47.5 Å². The summed E-state index contributed by atoms with van der Waals surface area (Å²) in [5.41, 5.74) is 1.71. The van der Waals surface area contributed by atoms with Crippen LogP contribution in [0.3, 0.4) is 0 Å². The molecule has 0 radical (unpaired) electrons. The molecule has 1 aliphatic heterocycles. The number of carbonyl (C=O) groups is 3. The highest BCUT2D eigenvalue weighted by Crippen LogP contribution is 2.21. The molecular formula is C18H25N3O4. The van der Waals surface area contributed by atoms with Crippen molar-refractivity contribution >= 4 is 23.6 Å².